The van der Waals surface area contributed by atoms with Gasteiger partial charge < -0.3 is 5.32 Å². The fraction of sp³-hybridized carbons (Fsp3) is 0.500. The maximum Gasteiger partial charge on any atom is 0.176 e. The third-order valence-corrected chi connectivity index (χ3v) is 6.16. The molecule has 0 aliphatic heterocycles. The molecule has 3 atom stereocenters. The second-order valence-electron chi connectivity index (χ2n) is 4.71. The summed E-state index contributed by atoms with van der Waals surface area (Å²) < 4.78 is 0. The molecule has 0 bridgehead atoms. The second-order valence-corrected chi connectivity index (χ2v) is 7.06. The number of hydrogen-bond donors (Lipinski definition) is 1. The van der Waals surface area contributed by atoms with E-state index in [0.717, 1.165) is 24.8 Å². The highest BCUT2D eigenvalue weighted by atomic mass is 79.9. The van der Waals surface area contributed by atoms with Gasteiger partial charge in [0.15, 0.2) is 5.78 Å². The summed E-state index contributed by atoms with van der Waals surface area (Å²) in [6.45, 7) is 0.432. The lowest BCUT2D eigenvalue weighted by Crippen LogP contribution is -2.40. The summed E-state index contributed by atoms with van der Waals surface area (Å²) in [5.41, 5.74) is 0.787. The summed E-state index contributed by atoms with van der Waals surface area (Å²) in [4.78, 5) is 13.0. The molecule has 0 radical (unpaired) electrons. The molecule has 3 unspecified atom stereocenters. The molecule has 0 amide bonds. The van der Waals surface area contributed by atoms with Crippen LogP contribution in [-0.2, 0) is 0 Å². The number of hydrogen-bond acceptors (Lipinski definition) is 2. The molecule has 0 spiro atoms. The van der Waals surface area contributed by atoms with Crippen LogP contribution in [-0.4, -0.2) is 28.0 Å². The van der Waals surface area contributed by atoms with Gasteiger partial charge >= 0.3 is 0 Å². The SMILES string of the molecule is O=C(CNC1CCC(Br)C(Br)C1)c1ccccc1. The van der Waals surface area contributed by atoms with Gasteiger partial charge in [-0.2, -0.15) is 0 Å². The molecule has 2 nitrogen and oxygen atoms in total. The average Bonchev–Trinajstić information content (AvgIpc) is 2.41. The maximum absolute atomic E-state index is 11.9. The standard InChI is InChI=1S/C14H17Br2NO/c15-12-7-6-11(8-13(12)16)17-9-14(18)10-4-2-1-3-5-10/h1-5,11-13,17H,6-9H2. The van der Waals surface area contributed by atoms with E-state index in [1.54, 1.807) is 0 Å². The number of halogens is 2. The molecule has 4 heteroatoms. The number of rotatable bonds is 4. The van der Waals surface area contributed by atoms with Crippen LogP contribution in [0.5, 0.6) is 0 Å². The molecule has 1 aliphatic carbocycles. The Morgan fingerprint density at radius 3 is 2.56 bits per heavy atom. The summed E-state index contributed by atoms with van der Waals surface area (Å²) in [6, 6.07) is 9.90. The number of benzene rings is 1. The molecule has 1 aromatic carbocycles. The van der Waals surface area contributed by atoms with Crippen molar-refractivity contribution in [3.05, 3.63) is 35.9 Å². The van der Waals surface area contributed by atoms with Crippen LogP contribution >= 0.6 is 31.9 Å². The topological polar surface area (TPSA) is 29.1 Å². The van der Waals surface area contributed by atoms with Crippen molar-refractivity contribution in [3.8, 4) is 0 Å². The second kappa shape index (κ2) is 6.83. The van der Waals surface area contributed by atoms with Crippen molar-refractivity contribution in [2.45, 2.75) is 35.0 Å². The van der Waals surface area contributed by atoms with E-state index in [1.165, 1.54) is 0 Å². The van der Waals surface area contributed by atoms with E-state index < -0.39 is 0 Å². The smallest absolute Gasteiger partial charge is 0.176 e. The molecular formula is C14H17Br2NO. The van der Waals surface area contributed by atoms with E-state index in [1.807, 2.05) is 30.3 Å². The molecule has 0 aromatic heterocycles. The van der Waals surface area contributed by atoms with Crippen LogP contribution in [0.1, 0.15) is 29.6 Å². The third kappa shape index (κ3) is 3.90. The molecule has 0 saturated heterocycles. The van der Waals surface area contributed by atoms with Crippen LogP contribution in [0.3, 0.4) is 0 Å². The van der Waals surface area contributed by atoms with E-state index in [0.29, 0.717) is 22.2 Å². The van der Waals surface area contributed by atoms with E-state index in [-0.39, 0.29) is 5.78 Å². The van der Waals surface area contributed by atoms with E-state index in [9.17, 15) is 4.79 Å². The number of nitrogens with one attached hydrogen (secondary N) is 1. The minimum atomic E-state index is 0.169. The van der Waals surface area contributed by atoms with Gasteiger partial charge in [0, 0.05) is 21.3 Å². The van der Waals surface area contributed by atoms with Crippen LogP contribution in [0.25, 0.3) is 0 Å². The fourth-order valence-electron chi connectivity index (χ4n) is 2.23. The molecular weight excluding hydrogens is 358 g/mol. The Morgan fingerprint density at radius 1 is 1.17 bits per heavy atom. The zero-order chi connectivity index (χ0) is 13.0. The van der Waals surface area contributed by atoms with Crippen LogP contribution < -0.4 is 5.32 Å². The number of carbonyl (C=O) groups excluding carboxylic acids is 1. The largest absolute Gasteiger partial charge is 0.307 e. The quantitative estimate of drug-likeness (QED) is 0.645. The van der Waals surface area contributed by atoms with Crippen molar-refractivity contribution in [3.63, 3.8) is 0 Å². The number of ketones is 1. The summed E-state index contributed by atoms with van der Waals surface area (Å²) >= 11 is 7.33. The van der Waals surface area contributed by atoms with Gasteiger partial charge in [-0.3, -0.25) is 4.79 Å². The van der Waals surface area contributed by atoms with E-state index in [4.69, 9.17) is 0 Å². The van der Waals surface area contributed by atoms with Crippen molar-refractivity contribution >= 4 is 37.6 Å². The third-order valence-electron chi connectivity index (χ3n) is 3.34. The number of carbonyl (C=O) groups is 1. The van der Waals surface area contributed by atoms with Crippen molar-refractivity contribution in [2.75, 3.05) is 6.54 Å². The molecule has 2 rings (SSSR count). The number of alkyl halides is 2. The Hall–Kier alpha value is -0.190. The summed E-state index contributed by atoms with van der Waals surface area (Å²) in [6.07, 6.45) is 3.34. The molecule has 0 heterocycles. The first-order valence-electron chi connectivity index (χ1n) is 6.26. The minimum absolute atomic E-state index is 0.169. The summed E-state index contributed by atoms with van der Waals surface area (Å²) in [5, 5.41) is 3.37. The Balaban J connectivity index is 1.80. The summed E-state index contributed by atoms with van der Waals surface area (Å²) in [7, 11) is 0. The molecule has 1 N–H and O–H groups in total. The first-order chi connectivity index (χ1) is 8.66. The van der Waals surface area contributed by atoms with Gasteiger partial charge in [-0.25, -0.2) is 0 Å². The zero-order valence-electron chi connectivity index (χ0n) is 10.1. The monoisotopic (exact) mass is 373 g/mol. The van der Waals surface area contributed by atoms with Crippen LogP contribution in [0.4, 0.5) is 0 Å². The Labute approximate surface area is 125 Å². The average molecular weight is 375 g/mol. The summed E-state index contributed by atoms with van der Waals surface area (Å²) in [5.74, 6) is 0.169. The molecule has 18 heavy (non-hydrogen) atoms. The normalized spacial score (nSPS) is 28.0. The lowest BCUT2D eigenvalue weighted by atomic mass is 9.95. The van der Waals surface area contributed by atoms with Crippen LogP contribution in [0, 0.1) is 0 Å². The lowest BCUT2D eigenvalue weighted by Gasteiger charge is -2.30. The van der Waals surface area contributed by atoms with Crippen LogP contribution in [0.2, 0.25) is 0 Å². The highest BCUT2D eigenvalue weighted by Gasteiger charge is 2.26. The van der Waals surface area contributed by atoms with Gasteiger partial charge in [-0.1, -0.05) is 62.2 Å². The highest BCUT2D eigenvalue weighted by Crippen LogP contribution is 2.30. The predicted octanol–water partition coefficient (Wildman–Crippen LogP) is 3.54. The van der Waals surface area contributed by atoms with Gasteiger partial charge in [0.1, 0.15) is 0 Å². The predicted molar refractivity (Wildman–Crippen MR) is 81.8 cm³/mol. The van der Waals surface area contributed by atoms with Gasteiger partial charge in [0.25, 0.3) is 0 Å². The first kappa shape index (κ1) is 14.2. The van der Waals surface area contributed by atoms with Crippen molar-refractivity contribution in [2.24, 2.45) is 0 Å². The molecule has 1 fully saturated rings. The molecule has 1 aromatic rings. The van der Waals surface area contributed by atoms with E-state index >= 15 is 0 Å². The number of Topliss-reactive ketones (excluding diaryl/α,β-unsaturated/α-hetero) is 1. The Bertz CT molecular complexity index is 396. The van der Waals surface area contributed by atoms with Crippen molar-refractivity contribution < 1.29 is 4.79 Å². The maximum atomic E-state index is 11.9. The highest BCUT2D eigenvalue weighted by molar-refractivity contribution is 9.12. The Morgan fingerprint density at radius 2 is 1.89 bits per heavy atom. The minimum Gasteiger partial charge on any atom is -0.307 e. The lowest BCUT2D eigenvalue weighted by molar-refractivity contribution is 0.0985. The van der Waals surface area contributed by atoms with Gasteiger partial charge in [-0.15, -0.1) is 0 Å². The van der Waals surface area contributed by atoms with Gasteiger partial charge in [0.2, 0.25) is 0 Å². The molecule has 1 saturated carbocycles. The van der Waals surface area contributed by atoms with E-state index in [2.05, 4.69) is 37.2 Å². The fourth-order valence-corrected chi connectivity index (χ4v) is 3.42. The van der Waals surface area contributed by atoms with Crippen molar-refractivity contribution in [1.29, 1.82) is 0 Å². The zero-order valence-corrected chi connectivity index (χ0v) is 13.3. The molecule has 98 valence electrons. The van der Waals surface area contributed by atoms with Crippen LogP contribution in [0.15, 0.2) is 30.3 Å². The first-order valence-corrected chi connectivity index (χ1v) is 8.09. The van der Waals surface area contributed by atoms with Gasteiger partial charge in [0.05, 0.1) is 6.54 Å². The molecule has 1 aliphatic rings. The Kier molecular flexibility index (Phi) is 5.39. The van der Waals surface area contributed by atoms with Crippen molar-refractivity contribution in [1.82, 2.24) is 5.32 Å². The van der Waals surface area contributed by atoms with Gasteiger partial charge in [-0.05, 0) is 19.3 Å².